The quantitative estimate of drug-likeness (QED) is 0.785. The van der Waals surface area contributed by atoms with E-state index in [9.17, 15) is 4.79 Å². The van der Waals surface area contributed by atoms with Gasteiger partial charge in [-0.1, -0.05) is 6.07 Å². The normalized spacial score (nSPS) is 13.9. The summed E-state index contributed by atoms with van der Waals surface area (Å²) >= 11 is 0. The summed E-state index contributed by atoms with van der Waals surface area (Å²) in [6, 6.07) is 9.64. The van der Waals surface area contributed by atoms with Gasteiger partial charge in [0.25, 0.3) is 5.91 Å². The summed E-state index contributed by atoms with van der Waals surface area (Å²) < 4.78 is 7.47. The number of hydrogen-bond acceptors (Lipinski definition) is 2. The molecule has 3 rings (SSSR count). The van der Waals surface area contributed by atoms with Crippen LogP contribution in [0.25, 0.3) is 0 Å². The first-order valence-corrected chi connectivity index (χ1v) is 6.33. The van der Waals surface area contributed by atoms with Gasteiger partial charge in [-0.3, -0.25) is 4.79 Å². The molecule has 0 fully saturated rings. The highest BCUT2D eigenvalue weighted by Gasteiger charge is 2.25. The summed E-state index contributed by atoms with van der Waals surface area (Å²) in [7, 11) is 1.88. The lowest BCUT2D eigenvalue weighted by molar-refractivity contribution is 0.0969. The SMILES string of the molecule is Cc1ccc2c(c1)OCCN2C(=O)c1cccn1C. The number of anilines is 1. The Morgan fingerprint density at radius 1 is 1.32 bits per heavy atom. The predicted octanol–water partition coefficient (Wildman–Crippen LogP) is 2.37. The number of carbonyl (C=O) groups is 1. The van der Waals surface area contributed by atoms with Crippen LogP contribution < -0.4 is 9.64 Å². The fourth-order valence-electron chi connectivity index (χ4n) is 2.36. The van der Waals surface area contributed by atoms with Gasteiger partial charge in [-0.2, -0.15) is 0 Å². The van der Waals surface area contributed by atoms with E-state index in [0.29, 0.717) is 18.8 Å². The molecule has 1 amide bonds. The van der Waals surface area contributed by atoms with Gasteiger partial charge in [0.15, 0.2) is 0 Å². The van der Waals surface area contributed by atoms with Crippen molar-refractivity contribution >= 4 is 11.6 Å². The molecule has 2 aromatic rings. The van der Waals surface area contributed by atoms with E-state index in [1.165, 1.54) is 0 Å². The van der Waals surface area contributed by atoms with Crippen molar-refractivity contribution in [3.63, 3.8) is 0 Å². The van der Waals surface area contributed by atoms with Crippen LogP contribution >= 0.6 is 0 Å². The summed E-state index contributed by atoms with van der Waals surface area (Å²) in [6.07, 6.45) is 1.88. The molecule has 0 aliphatic carbocycles. The topological polar surface area (TPSA) is 34.5 Å². The van der Waals surface area contributed by atoms with Crippen LogP contribution in [0.15, 0.2) is 36.5 Å². The third kappa shape index (κ3) is 1.99. The summed E-state index contributed by atoms with van der Waals surface area (Å²) in [5.41, 5.74) is 2.67. The molecule has 1 aromatic carbocycles. The van der Waals surface area contributed by atoms with Crippen LogP contribution in [-0.4, -0.2) is 23.6 Å². The van der Waals surface area contributed by atoms with Crippen LogP contribution in [0.2, 0.25) is 0 Å². The minimum atomic E-state index is 0.0147. The maximum atomic E-state index is 12.6. The van der Waals surface area contributed by atoms with Crippen molar-refractivity contribution in [3.8, 4) is 5.75 Å². The molecule has 0 radical (unpaired) electrons. The fourth-order valence-corrected chi connectivity index (χ4v) is 2.36. The molecule has 4 nitrogen and oxygen atoms in total. The van der Waals surface area contributed by atoms with Crippen LogP contribution in [0.1, 0.15) is 16.1 Å². The molecule has 4 heteroatoms. The van der Waals surface area contributed by atoms with Crippen molar-refractivity contribution in [2.24, 2.45) is 7.05 Å². The number of ether oxygens (including phenoxy) is 1. The van der Waals surface area contributed by atoms with E-state index >= 15 is 0 Å². The van der Waals surface area contributed by atoms with Crippen molar-refractivity contribution in [2.45, 2.75) is 6.92 Å². The number of nitrogens with zero attached hydrogens (tertiary/aromatic N) is 2. The Morgan fingerprint density at radius 2 is 2.16 bits per heavy atom. The summed E-state index contributed by atoms with van der Waals surface area (Å²) in [6.45, 7) is 3.13. The molecule has 0 spiro atoms. The molecule has 19 heavy (non-hydrogen) atoms. The van der Waals surface area contributed by atoms with Crippen LogP contribution in [0.5, 0.6) is 5.75 Å². The van der Waals surface area contributed by atoms with Crippen molar-refractivity contribution in [1.82, 2.24) is 4.57 Å². The van der Waals surface area contributed by atoms with Crippen LogP contribution in [0.4, 0.5) is 5.69 Å². The van der Waals surface area contributed by atoms with Crippen LogP contribution in [-0.2, 0) is 7.05 Å². The number of benzene rings is 1. The highest BCUT2D eigenvalue weighted by atomic mass is 16.5. The lowest BCUT2D eigenvalue weighted by Gasteiger charge is -2.29. The maximum absolute atomic E-state index is 12.6. The molecule has 0 atom stereocenters. The smallest absolute Gasteiger partial charge is 0.275 e. The molecule has 2 heterocycles. The average molecular weight is 256 g/mol. The number of amides is 1. The Morgan fingerprint density at radius 3 is 2.89 bits per heavy atom. The molecule has 0 unspecified atom stereocenters. The standard InChI is InChI=1S/C15H16N2O2/c1-11-5-6-12-14(10-11)19-9-8-17(12)15(18)13-4-3-7-16(13)2/h3-7,10H,8-9H2,1-2H3. The van der Waals surface area contributed by atoms with Gasteiger partial charge in [0.1, 0.15) is 18.1 Å². The van der Waals surface area contributed by atoms with E-state index in [2.05, 4.69) is 0 Å². The maximum Gasteiger partial charge on any atom is 0.275 e. The fraction of sp³-hybridized carbons (Fsp3) is 0.267. The third-order valence-electron chi connectivity index (χ3n) is 3.39. The third-order valence-corrected chi connectivity index (χ3v) is 3.39. The summed E-state index contributed by atoms with van der Waals surface area (Å²) in [4.78, 5) is 14.4. The van der Waals surface area contributed by atoms with Crippen LogP contribution in [0, 0.1) is 6.92 Å². The second-order valence-corrected chi connectivity index (χ2v) is 4.78. The van der Waals surface area contributed by atoms with Crippen molar-refractivity contribution < 1.29 is 9.53 Å². The molecule has 0 saturated carbocycles. The Balaban J connectivity index is 2.00. The average Bonchev–Trinajstić information content (AvgIpc) is 2.83. The van der Waals surface area contributed by atoms with E-state index in [0.717, 1.165) is 17.0 Å². The van der Waals surface area contributed by atoms with Gasteiger partial charge in [-0.15, -0.1) is 0 Å². The minimum absolute atomic E-state index is 0.0147. The Bertz CT molecular complexity index is 631. The summed E-state index contributed by atoms with van der Waals surface area (Å²) in [5.74, 6) is 0.801. The first-order chi connectivity index (χ1) is 9.16. The lowest BCUT2D eigenvalue weighted by Crippen LogP contribution is -2.38. The Labute approximate surface area is 112 Å². The number of fused-ring (bicyclic) bond motifs is 1. The largest absolute Gasteiger partial charge is 0.490 e. The minimum Gasteiger partial charge on any atom is -0.490 e. The molecular formula is C15H16N2O2. The molecule has 0 bridgehead atoms. The second kappa shape index (κ2) is 4.46. The number of aromatic nitrogens is 1. The van der Waals surface area contributed by atoms with Gasteiger partial charge in [0, 0.05) is 13.2 Å². The second-order valence-electron chi connectivity index (χ2n) is 4.78. The molecular weight excluding hydrogens is 240 g/mol. The van der Waals surface area contributed by atoms with E-state index in [-0.39, 0.29) is 5.91 Å². The zero-order valence-corrected chi connectivity index (χ0v) is 11.1. The number of aryl methyl sites for hydroxylation is 2. The monoisotopic (exact) mass is 256 g/mol. The highest BCUT2D eigenvalue weighted by molar-refractivity contribution is 6.06. The molecule has 0 N–H and O–H groups in total. The van der Waals surface area contributed by atoms with E-state index in [1.54, 1.807) is 4.90 Å². The molecule has 1 aliphatic rings. The van der Waals surface area contributed by atoms with Gasteiger partial charge >= 0.3 is 0 Å². The Hall–Kier alpha value is -2.23. The van der Waals surface area contributed by atoms with Gasteiger partial charge in [0.05, 0.1) is 12.2 Å². The zero-order valence-electron chi connectivity index (χ0n) is 11.1. The van der Waals surface area contributed by atoms with Gasteiger partial charge in [-0.05, 0) is 36.8 Å². The Kier molecular flexibility index (Phi) is 2.78. The van der Waals surface area contributed by atoms with E-state index in [1.807, 2.05) is 55.1 Å². The first kappa shape index (κ1) is 11.8. The van der Waals surface area contributed by atoms with Crippen LogP contribution in [0.3, 0.4) is 0 Å². The van der Waals surface area contributed by atoms with Crippen molar-refractivity contribution in [2.75, 3.05) is 18.1 Å². The summed E-state index contributed by atoms with van der Waals surface area (Å²) in [5, 5.41) is 0. The van der Waals surface area contributed by atoms with Crippen molar-refractivity contribution in [3.05, 3.63) is 47.8 Å². The number of carbonyl (C=O) groups excluding carboxylic acids is 1. The first-order valence-electron chi connectivity index (χ1n) is 6.33. The highest BCUT2D eigenvalue weighted by Crippen LogP contribution is 2.33. The van der Waals surface area contributed by atoms with Gasteiger partial charge < -0.3 is 14.2 Å². The van der Waals surface area contributed by atoms with Gasteiger partial charge in [0.2, 0.25) is 0 Å². The predicted molar refractivity (Wildman–Crippen MR) is 73.8 cm³/mol. The van der Waals surface area contributed by atoms with E-state index in [4.69, 9.17) is 4.74 Å². The number of rotatable bonds is 1. The molecule has 1 aliphatic heterocycles. The molecule has 98 valence electrons. The van der Waals surface area contributed by atoms with Crippen molar-refractivity contribution in [1.29, 1.82) is 0 Å². The zero-order chi connectivity index (χ0) is 13.4. The number of hydrogen-bond donors (Lipinski definition) is 0. The molecule has 0 saturated heterocycles. The van der Waals surface area contributed by atoms with Gasteiger partial charge in [-0.25, -0.2) is 0 Å². The van der Waals surface area contributed by atoms with E-state index < -0.39 is 0 Å². The molecule has 1 aromatic heterocycles. The lowest BCUT2D eigenvalue weighted by atomic mass is 10.1.